The standard InChI is InChI=1S/C36H38O8.C21H24/c1-23-3-15-29(16-4-23)41-33(37)25-7-11-27(12-8-25)35(39)43-31-19-21-32(22-20-31)44-36(40)28-13-9-26(10-14-28)34(38)42-30-17-5-24(2)6-18-30;1-15-4-7-18(8-5-15)19-10-12-20(13-11-19)21-9-6-16(2)17(3)14-21/h3-6,15-22,25-28H,7-14H2,1-2H3;4-9,12,14,19H,10-11,13H2,1-3H3. The first-order valence-electron chi connectivity index (χ1n) is 23.3. The summed E-state index contributed by atoms with van der Waals surface area (Å²) in [6.07, 6.45) is 10.5. The van der Waals surface area contributed by atoms with E-state index in [0.29, 0.717) is 80.3 Å². The van der Waals surface area contributed by atoms with Crippen LogP contribution < -0.4 is 18.9 Å². The van der Waals surface area contributed by atoms with Crippen molar-refractivity contribution in [2.75, 3.05) is 0 Å². The van der Waals surface area contributed by atoms with Gasteiger partial charge in [0, 0.05) is 0 Å². The molecule has 8 rings (SSSR count). The number of hydrogen-bond acceptors (Lipinski definition) is 8. The summed E-state index contributed by atoms with van der Waals surface area (Å²) in [7, 11) is 0. The van der Waals surface area contributed by atoms with Crippen molar-refractivity contribution in [2.24, 2.45) is 23.7 Å². The van der Waals surface area contributed by atoms with Crippen LogP contribution in [0.15, 0.2) is 121 Å². The molecule has 3 aliphatic rings. The molecule has 8 nitrogen and oxygen atoms in total. The summed E-state index contributed by atoms with van der Waals surface area (Å²) < 4.78 is 22.2. The summed E-state index contributed by atoms with van der Waals surface area (Å²) in [6, 6.07) is 37.0. The second-order valence-electron chi connectivity index (χ2n) is 18.3. The predicted octanol–water partition coefficient (Wildman–Crippen LogP) is 12.9. The number of hydrogen-bond donors (Lipinski definition) is 0. The highest BCUT2D eigenvalue weighted by atomic mass is 16.5. The maximum absolute atomic E-state index is 12.8. The SMILES string of the molecule is Cc1ccc(C2CC=C(c3ccc(C)c(C)c3)CC2)cc1.Cc1ccc(OC(=O)C2CCC(C(=O)Oc3ccc(OC(=O)C4CCC(C(=O)Oc5ccc(C)cc5)CC4)cc3)CC2)cc1. The van der Waals surface area contributed by atoms with Crippen LogP contribution in [0, 0.1) is 58.3 Å². The van der Waals surface area contributed by atoms with Gasteiger partial charge in [-0.3, -0.25) is 19.2 Å². The van der Waals surface area contributed by atoms with Crippen LogP contribution in [0.2, 0.25) is 0 Å². The predicted molar refractivity (Wildman–Crippen MR) is 254 cm³/mol. The number of benzene rings is 5. The van der Waals surface area contributed by atoms with Crippen LogP contribution in [0.3, 0.4) is 0 Å². The third-order valence-electron chi connectivity index (χ3n) is 13.4. The van der Waals surface area contributed by atoms with E-state index in [0.717, 1.165) is 11.1 Å². The molecule has 2 fully saturated rings. The van der Waals surface area contributed by atoms with Gasteiger partial charge < -0.3 is 18.9 Å². The summed E-state index contributed by atoms with van der Waals surface area (Å²) >= 11 is 0. The van der Waals surface area contributed by atoms with Crippen LogP contribution in [0.25, 0.3) is 5.57 Å². The van der Waals surface area contributed by atoms with Crippen molar-refractivity contribution in [3.63, 3.8) is 0 Å². The van der Waals surface area contributed by atoms with Gasteiger partial charge in [0.1, 0.15) is 23.0 Å². The van der Waals surface area contributed by atoms with Gasteiger partial charge in [0.05, 0.1) is 23.7 Å². The lowest BCUT2D eigenvalue weighted by Crippen LogP contribution is -2.30. The van der Waals surface area contributed by atoms with Gasteiger partial charge in [-0.1, -0.05) is 89.5 Å². The van der Waals surface area contributed by atoms with Crippen molar-refractivity contribution < 1.29 is 38.1 Å². The highest BCUT2D eigenvalue weighted by Gasteiger charge is 2.34. The van der Waals surface area contributed by atoms with Crippen molar-refractivity contribution in [1.82, 2.24) is 0 Å². The first-order chi connectivity index (χ1) is 31.4. The summed E-state index contributed by atoms with van der Waals surface area (Å²) in [5, 5.41) is 0. The van der Waals surface area contributed by atoms with Gasteiger partial charge in [-0.05, 0) is 188 Å². The van der Waals surface area contributed by atoms with Gasteiger partial charge >= 0.3 is 23.9 Å². The zero-order valence-electron chi connectivity index (χ0n) is 38.5. The third kappa shape index (κ3) is 13.2. The molecule has 1 atom stereocenters. The van der Waals surface area contributed by atoms with Crippen molar-refractivity contribution in [1.29, 1.82) is 0 Å². The average molecular weight is 875 g/mol. The molecule has 0 saturated heterocycles. The normalized spacial score (nSPS) is 20.5. The van der Waals surface area contributed by atoms with Crippen LogP contribution in [-0.4, -0.2) is 23.9 Å². The molecule has 0 radical (unpaired) electrons. The Labute approximate surface area is 384 Å². The molecule has 65 heavy (non-hydrogen) atoms. The molecule has 0 N–H and O–H groups in total. The number of carbonyl (C=O) groups is 4. The van der Waals surface area contributed by atoms with Gasteiger partial charge in [0.15, 0.2) is 0 Å². The largest absolute Gasteiger partial charge is 0.426 e. The zero-order valence-corrected chi connectivity index (χ0v) is 38.5. The second-order valence-corrected chi connectivity index (χ2v) is 18.3. The first kappa shape index (κ1) is 46.7. The molecule has 2 saturated carbocycles. The molecular weight excluding hydrogens is 813 g/mol. The monoisotopic (exact) mass is 874 g/mol. The molecule has 8 heteroatoms. The smallest absolute Gasteiger partial charge is 0.314 e. The molecule has 0 amide bonds. The fraction of sp³-hybridized carbons (Fsp3) is 0.368. The van der Waals surface area contributed by atoms with E-state index in [-0.39, 0.29) is 47.5 Å². The Hall–Kier alpha value is -6.28. The molecule has 0 aromatic heterocycles. The van der Waals surface area contributed by atoms with E-state index in [1.54, 1.807) is 48.5 Å². The zero-order chi connectivity index (χ0) is 45.9. The molecule has 338 valence electrons. The topological polar surface area (TPSA) is 105 Å². The molecule has 0 aliphatic heterocycles. The van der Waals surface area contributed by atoms with Crippen molar-refractivity contribution in [3.05, 3.63) is 160 Å². The Bertz CT molecular complexity index is 2320. The fourth-order valence-electron chi connectivity index (χ4n) is 8.89. The summed E-state index contributed by atoms with van der Waals surface area (Å²) in [6.45, 7) is 10.5. The number of rotatable bonds is 10. The Morgan fingerprint density at radius 2 is 0.738 bits per heavy atom. The van der Waals surface area contributed by atoms with Gasteiger partial charge in [0.25, 0.3) is 0 Å². The minimum atomic E-state index is -0.335. The Morgan fingerprint density at radius 3 is 1.06 bits per heavy atom. The van der Waals surface area contributed by atoms with Crippen LogP contribution >= 0.6 is 0 Å². The van der Waals surface area contributed by atoms with Gasteiger partial charge in [-0.2, -0.15) is 0 Å². The quantitative estimate of drug-likeness (QED) is 0.101. The van der Waals surface area contributed by atoms with Gasteiger partial charge in [-0.25, -0.2) is 0 Å². The van der Waals surface area contributed by atoms with Gasteiger partial charge in [-0.15, -0.1) is 0 Å². The van der Waals surface area contributed by atoms with E-state index in [4.69, 9.17) is 18.9 Å². The van der Waals surface area contributed by atoms with Crippen molar-refractivity contribution >= 4 is 29.5 Å². The fourth-order valence-corrected chi connectivity index (χ4v) is 8.89. The summed E-state index contributed by atoms with van der Waals surface area (Å²) in [5.74, 6) is 0.218. The van der Waals surface area contributed by atoms with E-state index in [1.165, 1.54) is 52.7 Å². The van der Waals surface area contributed by atoms with Crippen LogP contribution in [0.5, 0.6) is 23.0 Å². The summed E-state index contributed by atoms with van der Waals surface area (Å²) in [4.78, 5) is 50.6. The van der Waals surface area contributed by atoms with Crippen LogP contribution in [0.4, 0.5) is 0 Å². The molecule has 0 bridgehead atoms. The number of ether oxygens (including phenoxy) is 4. The molecule has 3 aliphatic carbocycles. The lowest BCUT2D eigenvalue weighted by atomic mass is 9.82. The van der Waals surface area contributed by atoms with Crippen molar-refractivity contribution in [3.8, 4) is 23.0 Å². The maximum Gasteiger partial charge on any atom is 0.314 e. The average Bonchev–Trinajstić information content (AvgIpc) is 3.32. The minimum absolute atomic E-state index is 0.239. The summed E-state index contributed by atoms with van der Waals surface area (Å²) in [5.41, 5.74) is 10.8. The third-order valence-corrected chi connectivity index (χ3v) is 13.4. The number of esters is 4. The minimum Gasteiger partial charge on any atom is -0.426 e. The molecular formula is C57H62O8. The van der Waals surface area contributed by atoms with E-state index in [9.17, 15) is 19.2 Å². The van der Waals surface area contributed by atoms with E-state index >= 15 is 0 Å². The molecule has 1 unspecified atom stereocenters. The number of allylic oxidation sites excluding steroid dienone is 2. The Morgan fingerprint density at radius 1 is 0.400 bits per heavy atom. The lowest BCUT2D eigenvalue weighted by Gasteiger charge is -2.26. The molecule has 5 aromatic carbocycles. The van der Waals surface area contributed by atoms with Crippen LogP contribution in [0.1, 0.15) is 115 Å². The molecule has 0 heterocycles. The van der Waals surface area contributed by atoms with E-state index < -0.39 is 0 Å². The van der Waals surface area contributed by atoms with Crippen molar-refractivity contribution in [2.45, 2.75) is 111 Å². The van der Waals surface area contributed by atoms with E-state index in [1.807, 2.05) is 38.1 Å². The number of aryl methyl sites for hydroxylation is 5. The molecule has 5 aromatic rings. The van der Waals surface area contributed by atoms with E-state index in [2.05, 4.69) is 69.3 Å². The number of carbonyl (C=O) groups excluding carboxylic acids is 4. The second kappa shape index (κ2) is 22.1. The first-order valence-corrected chi connectivity index (χ1v) is 23.3. The van der Waals surface area contributed by atoms with Gasteiger partial charge in [0.2, 0.25) is 0 Å². The lowest BCUT2D eigenvalue weighted by molar-refractivity contribution is -0.145. The Balaban J connectivity index is 0.000000249. The van der Waals surface area contributed by atoms with Crippen LogP contribution in [-0.2, 0) is 19.2 Å². The Kier molecular flexibility index (Phi) is 15.9. The molecule has 0 spiro atoms. The maximum atomic E-state index is 12.8. The highest BCUT2D eigenvalue weighted by Crippen LogP contribution is 2.37. The highest BCUT2D eigenvalue weighted by molar-refractivity contribution is 5.79.